The Morgan fingerprint density at radius 2 is 1.71 bits per heavy atom. The van der Waals surface area contributed by atoms with Gasteiger partial charge in [-0.15, -0.1) is 0 Å². The van der Waals surface area contributed by atoms with Crippen LogP contribution in [0.5, 0.6) is 0 Å². The lowest BCUT2D eigenvalue weighted by Gasteiger charge is -2.13. The molecule has 0 radical (unpaired) electrons. The number of pyridine rings is 1. The first-order valence-corrected chi connectivity index (χ1v) is 10.1. The number of rotatable bonds is 4. The second-order valence-electron chi connectivity index (χ2n) is 7.14. The number of hydrogen-bond acceptors (Lipinski definition) is 3. The second-order valence-corrected chi connectivity index (χ2v) is 7.58. The third-order valence-corrected chi connectivity index (χ3v) is 5.36. The summed E-state index contributed by atoms with van der Waals surface area (Å²) in [6.45, 7) is 0.161. The van der Waals surface area contributed by atoms with Crippen LogP contribution in [0.4, 0.5) is 0 Å². The Balaban J connectivity index is 1.58. The van der Waals surface area contributed by atoms with E-state index in [-0.39, 0.29) is 12.1 Å². The summed E-state index contributed by atoms with van der Waals surface area (Å²) in [7, 11) is 0. The number of para-hydroxylation sites is 2. The van der Waals surface area contributed by atoms with E-state index in [1.165, 1.54) is 0 Å². The molecule has 5 aromatic rings. The summed E-state index contributed by atoms with van der Waals surface area (Å²) in [5.74, 6) is 0.124. The predicted octanol–water partition coefficient (Wildman–Crippen LogP) is 4.65. The van der Waals surface area contributed by atoms with Crippen LogP contribution in [-0.2, 0) is 6.54 Å². The van der Waals surface area contributed by atoms with E-state index in [0.717, 1.165) is 16.6 Å². The highest BCUT2D eigenvalue weighted by molar-refractivity contribution is 6.31. The zero-order valence-corrected chi connectivity index (χ0v) is 17.0. The first-order valence-electron chi connectivity index (χ1n) is 9.73. The lowest BCUT2D eigenvalue weighted by Crippen LogP contribution is -2.30. The van der Waals surface area contributed by atoms with Crippen molar-refractivity contribution in [2.75, 3.05) is 0 Å². The van der Waals surface area contributed by atoms with Gasteiger partial charge in [0.05, 0.1) is 17.6 Å². The van der Waals surface area contributed by atoms with Crippen molar-refractivity contribution in [3.05, 3.63) is 99.6 Å². The highest BCUT2D eigenvalue weighted by Crippen LogP contribution is 2.31. The van der Waals surface area contributed by atoms with Crippen molar-refractivity contribution >= 4 is 39.4 Å². The minimum Gasteiger partial charge on any atom is -0.345 e. The number of aromatic amines is 2. The molecule has 3 aromatic carbocycles. The Kier molecular flexibility index (Phi) is 4.76. The molecule has 152 valence electrons. The molecular weight excluding hydrogens is 412 g/mol. The van der Waals surface area contributed by atoms with E-state index in [9.17, 15) is 9.59 Å². The number of imidazole rings is 1. The van der Waals surface area contributed by atoms with Crippen molar-refractivity contribution in [1.82, 2.24) is 20.3 Å². The molecule has 0 atom stereocenters. The Labute approximate surface area is 181 Å². The van der Waals surface area contributed by atoms with Gasteiger partial charge in [0, 0.05) is 21.5 Å². The molecule has 31 heavy (non-hydrogen) atoms. The molecule has 0 saturated carbocycles. The number of aromatic nitrogens is 3. The van der Waals surface area contributed by atoms with Crippen molar-refractivity contribution in [3.8, 4) is 11.1 Å². The molecule has 1 amide bonds. The molecule has 5 rings (SSSR count). The Hall–Kier alpha value is -3.90. The summed E-state index contributed by atoms with van der Waals surface area (Å²) >= 11 is 6.22. The van der Waals surface area contributed by atoms with Gasteiger partial charge < -0.3 is 15.3 Å². The monoisotopic (exact) mass is 428 g/mol. The highest BCUT2D eigenvalue weighted by Gasteiger charge is 2.21. The topological polar surface area (TPSA) is 90.6 Å². The van der Waals surface area contributed by atoms with Gasteiger partial charge in [-0.1, -0.05) is 54.1 Å². The van der Waals surface area contributed by atoms with Crippen LogP contribution in [0.25, 0.3) is 33.1 Å². The SMILES string of the molecule is O=C(NCc1nc2ccccc2[nH]1)c1c(-c2ccccc2)c2cc(Cl)ccc2[nH]c1=O. The minimum absolute atomic E-state index is 0.0390. The van der Waals surface area contributed by atoms with E-state index < -0.39 is 11.5 Å². The molecule has 2 aromatic heterocycles. The molecule has 0 bridgehead atoms. The maximum Gasteiger partial charge on any atom is 0.261 e. The summed E-state index contributed by atoms with van der Waals surface area (Å²) in [6, 6.07) is 22.2. The van der Waals surface area contributed by atoms with E-state index in [1.54, 1.807) is 18.2 Å². The van der Waals surface area contributed by atoms with Crippen molar-refractivity contribution < 1.29 is 4.79 Å². The molecule has 0 aliphatic heterocycles. The van der Waals surface area contributed by atoms with Gasteiger partial charge in [-0.2, -0.15) is 0 Å². The Bertz CT molecular complexity index is 1460. The number of benzene rings is 3. The fraction of sp³-hybridized carbons (Fsp3) is 0.0417. The first-order chi connectivity index (χ1) is 15.1. The third kappa shape index (κ3) is 3.58. The van der Waals surface area contributed by atoms with Gasteiger partial charge in [0.2, 0.25) is 0 Å². The Morgan fingerprint density at radius 1 is 0.935 bits per heavy atom. The van der Waals surface area contributed by atoms with E-state index in [2.05, 4.69) is 20.3 Å². The lowest BCUT2D eigenvalue weighted by molar-refractivity contribution is 0.0949. The van der Waals surface area contributed by atoms with Crippen LogP contribution in [0.2, 0.25) is 5.02 Å². The first kappa shape index (κ1) is 19.1. The Morgan fingerprint density at radius 3 is 2.52 bits per heavy atom. The fourth-order valence-corrected chi connectivity index (χ4v) is 3.90. The molecule has 0 unspecified atom stereocenters. The van der Waals surface area contributed by atoms with Gasteiger partial charge in [-0.3, -0.25) is 9.59 Å². The average molecular weight is 429 g/mol. The fourth-order valence-electron chi connectivity index (χ4n) is 3.73. The zero-order chi connectivity index (χ0) is 21.4. The molecule has 0 fully saturated rings. The quantitative estimate of drug-likeness (QED) is 0.389. The van der Waals surface area contributed by atoms with Crippen LogP contribution in [-0.4, -0.2) is 20.9 Å². The predicted molar refractivity (Wildman–Crippen MR) is 122 cm³/mol. The number of halogens is 1. The molecule has 3 N–H and O–H groups in total. The summed E-state index contributed by atoms with van der Waals surface area (Å²) in [4.78, 5) is 36.5. The molecular formula is C24H17ClN4O2. The van der Waals surface area contributed by atoms with Gasteiger partial charge in [0.1, 0.15) is 11.4 Å². The van der Waals surface area contributed by atoms with E-state index >= 15 is 0 Å². The number of hydrogen-bond donors (Lipinski definition) is 3. The number of carbonyl (C=O) groups is 1. The number of carbonyl (C=O) groups excluding carboxylic acids is 1. The summed E-state index contributed by atoms with van der Waals surface area (Å²) in [6.07, 6.45) is 0. The van der Waals surface area contributed by atoms with Crippen molar-refractivity contribution in [1.29, 1.82) is 0 Å². The van der Waals surface area contributed by atoms with E-state index in [0.29, 0.717) is 27.3 Å². The van der Waals surface area contributed by atoms with Gasteiger partial charge in [-0.05, 0) is 35.9 Å². The minimum atomic E-state index is -0.484. The molecule has 0 aliphatic rings. The largest absolute Gasteiger partial charge is 0.345 e. The highest BCUT2D eigenvalue weighted by atomic mass is 35.5. The summed E-state index contributed by atoms with van der Waals surface area (Å²) < 4.78 is 0. The summed E-state index contributed by atoms with van der Waals surface area (Å²) in [5, 5.41) is 4.04. The van der Waals surface area contributed by atoms with Crippen molar-refractivity contribution in [3.63, 3.8) is 0 Å². The molecule has 0 spiro atoms. The van der Waals surface area contributed by atoms with Gasteiger partial charge >= 0.3 is 0 Å². The molecule has 2 heterocycles. The molecule has 6 nitrogen and oxygen atoms in total. The number of H-pyrrole nitrogens is 2. The molecule has 0 saturated heterocycles. The third-order valence-electron chi connectivity index (χ3n) is 5.12. The average Bonchev–Trinajstić information content (AvgIpc) is 3.20. The van der Waals surface area contributed by atoms with E-state index in [4.69, 9.17) is 11.6 Å². The smallest absolute Gasteiger partial charge is 0.261 e. The number of fused-ring (bicyclic) bond motifs is 2. The molecule has 7 heteroatoms. The number of nitrogens with zero attached hydrogens (tertiary/aromatic N) is 1. The zero-order valence-electron chi connectivity index (χ0n) is 16.3. The maximum absolute atomic E-state index is 13.2. The normalized spacial score (nSPS) is 11.1. The van der Waals surface area contributed by atoms with Gasteiger partial charge in [0.15, 0.2) is 0 Å². The van der Waals surface area contributed by atoms with Crippen LogP contribution in [0.15, 0.2) is 77.6 Å². The van der Waals surface area contributed by atoms with Crippen molar-refractivity contribution in [2.24, 2.45) is 0 Å². The number of amides is 1. The lowest BCUT2D eigenvalue weighted by atomic mass is 9.96. The van der Waals surface area contributed by atoms with Gasteiger partial charge in [0.25, 0.3) is 11.5 Å². The second kappa shape index (κ2) is 7.74. The maximum atomic E-state index is 13.2. The van der Waals surface area contributed by atoms with Crippen LogP contribution < -0.4 is 10.9 Å². The van der Waals surface area contributed by atoms with Crippen LogP contribution in [0.1, 0.15) is 16.2 Å². The standard InChI is InChI=1S/C24H17ClN4O2/c25-15-10-11-17-16(12-15)21(14-6-2-1-3-7-14)22(24(31)29-17)23(30)26-13-20-27-18-8-4-5-9-19(18)28-20/h1-12H,13H2,(H,26,30)(H,27,28)(H,29,31). The van der Waals surface area contributed by atoms with Crippen LogP contribution in [0, 0.1) is 0 Å². The van der Waals surface area contributed by atoms with Crippen LogP contribution in [0.3, 0.4) is 0 Å². The summed E-state index contributed by atoms with van der Waals surface area (Å²) in [5.41, 5.74) is 3.19. The number of nitrogens with one attached hydrogen (secondary N) is 3. The van der Waals surface area contributed by atoms with Gasteiger partial charge in [-0.25, -0.2) is 4.98 Å². The molecule has 0 aliphatic carbocycles. The van der Waals surface area contributed by atoms with E-state index in [1.807, 2.05) is 54.6 Å². The van der Waals surface area contributed by atoms with Crippen LogP contribution >= 0.6 is 11.6 Å². The van der Waals surface area contributed by atoms with Crippen molar-refractivity contribution in [2.45, 2.75) is 6.54 Å².